The van der Waals surface area contributed by atoms with E-state index in [9.17, 15) is 9.59 Å². The van der Waals surface area contributed by atoms with Gasteiger partial charge in [-0.15, -0.1) is 0 Å². The molecule has 0 aromatic heterocycles. The fourth-order valence-corrected chi connectivity index (χ4v) is 3.52. The molecule has 30 heavy (non-hydrogen) atoms. The Labute approximate surface area is 177 Å². The Hall–Kier alpha value is -3.12. The summed E-state index contributed by atoms with van der Waals surface area (Å²) in [5.41, 5.74) is 3.76. The van der Waals surface area contributed by atoms with Gasteiger partial charge in [0.1, 0.15) is 5.75 Å². The summed E-state index contributed by atoms with van der Waals surface area (Å²) in [6.45, 7) is 5.10. The van der Waals surface area contributed by atoms with Crippen LogP contribution < -0.4 is 15.4 Å². The monoisotopic (exact) mass is 408 g/mol. The molecule has 1 heterocycles. The van der Waals surface area contributed by atoms with Crippen molar-refractivity contribution < 1.29 is 19.1 Å². The zero-order valence-electron chi connectivity index (χ0n) is 17.9. The summed E-state index contributed by atoms with van der Waals surface area (Å²) >= 11 is 0. The van der Waals surface area contributed by atoms with Gasteiger partial charge < -0.3 is 20.1 Å². The molecule has 0 aliphatic carbocycles. The molecule has 6 nitrogen and oxygen atoms in total. The molecule has 0 fully saturated rings. The highest BCUT2D eigenvalue weighted by molar-refractivity contribution is 6.09. The summed E-state index contributed by atoms with van der Waals surface area (Å²) in [6.07, 6.45) is 2.47. The zero-order valence-corrected chi connectivity index (χ0v) is 17.9. The third kappa shape index (κ3) is 5.07. The Morgan fingerprint density at radius 2 is 1.80 bits per heavy atom. The second kappa shape index (κ2) is 9.13. The molecule has 2 aromatic rings. The van der Waals surface area contributed by atoms with Gasteiger partial charge in [0.15, 0.2) is 5.78 Å². The Morgan fingerprint density at radius 1 is 1.10 bits per heavy atom. The van der Waals surface area contributed by atoms with Gasteiger partial charge in [0.05, 0.1) is 13.7 Å². The van der Waals surface area contributed by atoms with Gasteiger partial charge in [-0.2, -0.15) is 0 Å². The maximum atomic E-state index is 12.9. The van der Waals surface area contributed by atoms with E-state index in [1.807, 2.05) is 18.2 Å². The van der Waals surface area contributed by atoms with Crippen LogP contribution in [-0.2, 0) is 11.2 Å². The summed E-state index contributed by atoms with van der Waals surface area (Å²) in [6, 6.07) is 12.6. The summed E-state index contributed by atoms with van der Waals surface area (Å²) < 4.78 is 10.3. The van der Waals surface area contributed by atoms with Crippen LogP contribution in [0, 0.1) is 0 Å². The van der Waals surface area contributed by atoms with Crippen molar-refractivity contribution in [3.05, 3.63) is 70.8 Å². The van der Waals surface area contributed by atoms with Gasteiger partial charge in [-0.1, -0.05) is 18.2 Å². The average Bonchev–Trinajstić information content (AvgIpc) is 2.73. The predicted octanol–water partition coefficient (Wildman–Crippen LogP) is 3.22. The number of carbonyl (C=O) groups excluding carboxylic acids is 2. The molecule has 0 unspecified atom stereocenters. The quantitative estimate of drug-likeness (QED) is 0.418. The lowest BCUT2D eigenvalue weighted by Gasteiger charge is -2.35. The summed E-state index contributed by atoms with van der Waals surface area (Å²) in [5, 5.41) is 6.23. The van der Waals surface area contributed by atoms with E-state index in [-0.39, 0.29) is 17.2 Å². The van der Waals surface area contributed by atoms with E-state index in [2.05, 4.69) is 24.5 Å². The van der Waals surface area contributed by atoms with E-state index in [0.717, 1.165) is 23.4 Å². The molecule has 1 aliphatic heterocycles. The van der Waals surface area contributed by atoms with Crippen LogP contribution in [0.15, 0.2) is 48.5 Å². The molecule has 0 radical (unpaired) electrons. The third-order valence-electron chi connectivity index (χ3n) is 5.01. The zero-order chi connectivity index (χ0) is 21.7. The number of amides is 1. The van der Waals surface area contributed by atoms with Gasteiger partial charge in [0.2, 0.25) is 0 Å². The van der Waals surface area contributed by atoms with Crippen molar-refractivity contribution in [1.29, 1.82) is 0 Å². The number of hydrogen-bond acceptors (Lipinski definition) is 5. The van der Waals surface area contributed by atoms with Crippen LogP contribution in [0.5, 0.6) is 5.75 Å². The van der Waals surface area contributed by atoms with Crippen molar-refractivity contribution in [2.24, 2.45) is 0 Å². The number of methoxy groups -OCH3 is 2. The Kier molecular flexibility index (Phi) is 6.57. The first-order valence-corrected chi connectivity index (χ1v) is 9.91. The van der Waals surface area contributed by atoms with Gasteiger partial charge in [-0.3, -0.25) is 9.59 Å². The fraction of sp³-hybridized carbons (Fsp3) is 0.333. The molecule has 3 rings (SSSR count). The minimum Gasteiger partial charge on any atom is -0.497 e. The van der Waals surface area contributed by atoms with Gasteiger partial charge >= 0.3 is 0 Å². The van der Waals surface area contributed by atoms with Crippen LogP contribution in [0.4, 0.5) is 0 Å². The minimum atomic E-state index is -0.193. The van der Waals surface area contributed by atoms with Crippen molar-refractivity contribution in [3.63, 3.8) is 0 Å². The summed E-state index contributed by atoms with van der Waals surface area (Å²) in [7, 11) is 3.21. The van der Waals surface area contributed by atoms with Gasteiger partial charge in [-0.25, -0.2) is 0 Å². The molecule has 0 spiro atoms. The molecule has 2 N–H and O–H groups in total. The van der Waals surface area contributed by atoms with Crippen LogP contribution in [-0.4, -0.2) is 44.6 Å². The Morgan fingerprint density at radius 3 is 2.47 bits per heavy atom. The van der Waals surface area contributed by atoms with E-state index in [1.54, 1.807) is 44.6 Å². The van der Waals surface area contributed by atoms with Crippen molar-refractivity contribution in [1.82, 2.24) is 10.6 Å². The lowest BCUT2D eigenvalue weighted by Crippen LogP contribution is -2.43. The van der Waals surface area contributed by atoms with Crippen molar-refractivity contribution in [3.8, 4) is 5.75 Å². The number of nitrogens with one attached hydrogen (secondary N) is 2. The largest absolute Gasteiger partial charge is 0.497 e. The van der Waals surface area contributed by atoms with Crippen LogP contribution in [0.3, 0.4) is 0 Å². The second-order valence-corrected chi connectivity index (χ2v) is 7.96. The smallest absolute Gasteiger partial charge is 0.251 e. The first-order chi connectivity index (χ1) is 14.3. The number of hydrogen-bond donors (Lipinski definition) is 2. The van der Waals surface area contributed by atoms with Crippen molar-refractivity contribution in [2.75, 3.05) is 27.4 Å². The van der Waals surface area contributed by atoms with Gasteiger partial charge in [0.25, 0.3) is 5.91 Å². The summed E-state index contributed by atoms with van der Waals surface area (Å²) in [4.78, 5) is 25.0. The molecule has 0 saturated carbocycles. The van der Waals surface area contributed by atoms with Gasteiger partial charge in [-0.05, 0) is 50.1 Å². The lowest BCUT2D eigenvalue weighted by atomic mass is 9.85. The van der Waals surface area contributed by atoms with E-state index in [1.165, 1.54) is 5.56 Å². The molecule has 1 amide bonds. The number of ether oxygens (including phenoxy) is 2. The predicted molar refractivity (Wildman–Crippen MR) is 117 cm³/mol. The number of allylic oxidation sites excluding steroid dienone is 1. The lowest BCUT2D eigenvalue weighted by molar-refractivity contribution is 0.0936. The first kappa shape index (κ1) is 21.6. The van der Waals surface area contributed by atoms with Crippen LogP contribution in [0.25, 0.3) is 5.70 Å². The third-order valence-corrected chi connectivity index (χ3v) is 5.01. The number of benzene rings is 2. The number of ketones is 1. The highest BCUT2D eigenvalue weighted by atomic mass is 16.5. The standard InChI is InChI=1S/C24H28N2O4/c1-24(2)15-18-9-10-19(30-4)13-20(18)21(26-24)14-22(27)16-5-7-17(8-6-16)23(28)25-11-12-29-3/h5-10,13-14,26H,11-12,15H2,1-4H3,(H,25,28)/b21-14-. The first-order valence-electron chi connectivity index (χ1n) is 9.91. The molecule has 1 aliphatic rings. The molecule has 0 saturated heterocycles. The molecule has 0 atom stereocenters. The topological polar surface area (TPSA) is 76.7 Å². The average molecular weight is 408 g/mol. The van der Waals surface area contributed by atoms with Crippen molar-refractivity contribution >= 4 is 17.4 Å². The minimum absolute atomic E-state index is 0.129. The maximum absolute atomic E-state index is 12.9. The molecule has 6 heteroatoms. The molecule has 2 aromatic carbocycles. The number of carbonyl (C=O) groups is 2. The highest BCUT2D eigenvalue weighted by Crippen LogP contribution is 2.32. The highest BCUT2D eigenvalue weighted by Gasteiger charge is 2.28. The van der Waals surface area contributed by atoms with E-state index in [4.69, 9.17) is 9.47 Å². The molecular weight excluding hydrogens is 380 g/mol. The van der Waals surface area contributed by atoms with Crippen LogP contribution in [0.1, 0.15) is 45.7 Å². The Balaban J connectivity index is 1.83. The van der Waals surface area contributed by atoms with E-state index in [0.29, 0.717) is 24.3 Å². The normalized spacial score (nSPS) is 15.8. The fourth-order valence-electron chi connectivity index (χ4n) is 3.52. The van der Waals surface area contributed by atoms with Gasteiger partial charge in [0, 0.05) is 47.7 Å². The molecule has 0 bridgehead atoms. The number of rotatable bonds is 7. The van der Waals surface area contributed by atoms with Crippen molar-refractivity contribution in [2.45, 2.75) is 25.8 Å². The molecule has 158 valence electrons. The SMILES string of the molecule is COCCNC(=O)c1ccc(C(=O)/C=C2\NC(C)(C)Cc3ccc(OC)cc32)cc1. The maximum Gasteiger partial charge on any atom is 0.251 e. The van der Waals surface area contributed by atoms with E-state index < -0.39 is 0 Å². The summed E-state index contributed by atoms with van der Waals surface area (Å²) in [5.74, 6) is 0.425. The van der Waals surface area contributed by atoms with E-state index >= 15 is 0 Å². The second-order valence-electron chi connectivity index (χ2n) is 7.96. The van der Waals surface area contributed by atoms with Crippen LogP contribution >= 0.6 is 0 Å². The molecular formula is C24H28N2O4. The Bertz CT molecular complexity index is 962. The van der Waals surface area contributed by atoms with Crippen LogP contribution in [0.2, 0.25) is 0 Å². The number of fused-ring (bicyclic) bond motifs is 1.